The Hall–Kier alpha value is -2.21. The Morgan fingerprint density at radius 2 is 1.89 bits per heavy atom. The van der Waals surface area contributed by atoms with Crippen LogP contribution < -0.4 is 15.0 Å². The molecule has 1 N–H and O–H groups in total. The minimum Gasteiger partial charge on any atom is -0.492 e. The first-order valence-electron chi connectivity index (χ1n) is 9.36. The van der Waals surface area contributed by atoms with Gasteiger partial charge in [0, 0.05) is 30.7 Å². The fourth-order valence-corrected chi connectivity index (χ4v) is 3.70. The summed E-state index contributed by atoms with van der Waals surface area (Å²) < 4.78 is 6.75. The minimum atomic E-state index is -0.0355. The molecule has 0 aliphatic carbocycles. The molecular weight excluding hydrogens is 406 g/mol. The van der Waals surface area contributed by atoms with Crippen LogP contribution in [0.4, 0.5) is 10.5 Å². The van der Waals surface area contributed by atoms with Crippen molar-refractivity contribution in [1.29, 1.82) is 0 Å². The van der Waals surface area contributed by atoms with Crippen molar-refractivity contribution in [2.45, 2.75) is 19.9 Å². The minimum absolute atomic E-state index is 0.0137. The summed E-state index contributed by atoms with van der Waals surface area (Å²) in [6.07, 6.45) is 0. The summed E-state index contributed by atoms with van der Waals surface area (Å²) in [5.41, 5.74) is 2.18. The van der Waals surface area contributed by atoms with Crippen LogP contribution in [0, 0.1) is 0 Å². The van der Waals surface area contributed by atoms with E-state index < -0.39 is 0 Å². The van der Waals surface area contributed by atoms with Crippen molar-refractivity contribution in [3.05, 3.63) is 58.6 Å². The number of hydrogen-bond acceptors (Lipinski definition) is 3. The Kier molecular flexibility index (Phi) is 6.61. The van der Waals surface area contributed by atoms with Crippen molar-refractivity contribution in [2.24, 2.45) is 0 Å². The van der Waals surface area contributed by atoms with E-state index in [0.29, 0.717) is 19.7 Å². The van der Waals surface area contributed by atoms with Gasteiger partial charge >= 0.3 is 6.03 Å². The van der Waals surface area contributed by atoms with Crippen LogP contribution >= 0.6 is 15.9 Å². The summed E-state index contributed by atoms with van der Waals surface area (Å²) in [4.78, 5) is 16.8. The Balaban J connectivity index is 1.56. The number of piperazine rings is 1. The van der Waals surface area contributed by atoms with Crippen LogP contribution in [0.15, 0.2) is 53.0 Å². The third kappa shape index (κ3) is 4.95. The Morgan fingerprint density at radius 3 is 2.59 bits per heavy atom. The number of anilines is 1. The number of rotatable bonds is 5. The van der Waals surface area contributed by atoms with Crippen molar-refractivity contribution in [3.8, 4) is 5.75 Å². The van der Waals surface area contributed by atoms with Crippen LogP contribution in [0.1, 0.15) is 25.5 Å². The zero-order chi connectivity index (χ0) is 19.2. The maximum absolute atomic E-state index is 12.6. The molecule has 1 unspecified atom stereocenters. The van der Waals surface area contributed by atoms with E-state index in [1.165, 1.54) is 0 Å². The van der Waals surface area contributed by atoms with Crippen LogP contribution in [-0.4, -0.2) is 43.7 Å². The van der Waals surface area contributed by atoms with E-state index in [1.54, 1.807) is 0 Å². The van der Waals surface area contributed by atoms with E-state index in [4.69, 9.17) is 4.74 Å². The predicted octanol–water partition coefficient (Wildman–Crippen LogP) is 4.44. The number of carbonyl (C=O) groups is 1. The average Bonchev–Trinajstić information content (AvgIpc) is 2.69. The van der Waals surface area contributed by atoms with Gasteiger partial charge in [-0.15, -0.1) is 0 Å². The smallest absolute Gasteiger partial charge is 0.317 e. The number of hydrogen-bond donors (Lipinski definition) is 1. The quantitative estimate of drug-likeness (QED) is 0.760. The molecule has 1 aliphatic heterocycles. The second kappa shape index (κ2) is 9.13. The zero-order valence-corrected chi connectivity index (χ0v) is 17.4. The highest BCUT2D eigenvalue weighted by Gasteiger charge is 2.24. The van der Waals surface area contributed by atoms with Crippen LogP contribution in [0.2, 0.25) is 0 Å². The number of urea groups is 1. The van der Waals surface area contributed by atoms with Gasteiger partial charge < -0.3 is 19.9 Å². The number of ether oxygens (including phenoxy) is 1. The molecule has 0 spiro atoms. The van der Waals surface area contributed by atoms with Gasteiger partial charge in [0.25, 0.3) is 0 Å². The normalized spacial score (nSPS) is 15.4. The molecule has 1 aliphatic rings. The topological polar surface area (TPSA) is 44.8 Å². The number of nitrogens with zero attached hydrogens (tertiary/aromatic N) is 2. The number of benzene rings is 2. The molecule has 0 radical (unpaired) electrons. The maximum Gasteiger partial charge on any atom is 0.317 e. The third-order valence-corrected chi connectivity index (χ3v) is 5.25. The van der Waals surface area contributed by atoms with Crippen LogP contribution in [0.5, 0.6) is 5.75 Å². The summed E-state index contributed by atoms with van der Waals surface area (Å²) >= 11 is 3.48. The molecule has 2 amide bonds. The first-order valence-corrected chi connectivity index (χ1v) is 10.2. The number of amides is 2. The van der Waals surface area contributed by atoms with Gasteiger partial charge in [0.15, 0.2) is 0 Å². The lowest BCUT2D eigenvalue weighted by atomic mass is 10.1. The van der Waals surface area contributed by atoms with Gasteiger partial charge in [-0.3, -0.25) is 0 Å². The van der Waals surface area contributed by atoms with Gasteiger partial charge in [-0.2, -0.15) is 0 Å². The summed E-state index contributed by atoms with van der Waals surface area (Å²) in [5.74, 6) is 0.904. The van der Waals surface area contributed by atoms with Crippen molar-refractivity contribution in [2.75, 3.05) is 37.7 Å². The first kappa shape index (κ1) is 19.5. The fraction of sp³-hybridized carbons (Fsp3) is 0.381. The van der Waals surface area contributed by atoms with Crippen molar-refractivity contribution >= 4 is 27.6 Å². The van der Waals surface area contributed by atoms with E-state index in [1.807, 2.05) is 61.2 Å². The van der Waals surface area contributed by atoms with E-state index in [2.05, 4.69) is 32.2 Å². The molecule has 0 saturated carbocycles. The molecule has 0 bridgehead atoms. The van der Waals surface area contributed by atoms with Gasteiger partial charge in [0.05, 0.1) is 18.3 Å². The monoisotopic (exact) mass is 431 g/mol. The average molecular weight is 432 g/mol. The molecule has 144 valence electrons. The Morgan fingerprint density at radius 1 is 1.15 bits per heavy atom. The van der Waals surface area contributed by atoms with Crippen molar-refractivity contribution in [1.82, 2.24) is 10.2 Å². The second-order valence-corrected chi connectivity index (χ2v) is 7.52. The fourth-order valence-electron chi connectivity index (χ4n) is 3.28. The molecule has 2 aromatic carbocycles. The molecule has 6 heteroatoms. The number of carbonyl (C=O) groups excluding carboxylic acids is 1. The summed E-state index contributed by atoms with van der Waals surface area (Å²) in [7, 11) is 0. The Bertz CT molecular complexity index is 776. The van der Waals surface area contributed by atoms with Gasteiger partial charge in [-0.1, -0.05) is 40.2 Å². The van der Waals surface area contributed by atoms with E-state index in [-0.39, 0.29) is 12.1 Å². The zero-order valence-electron chi connectivity index (χ0n) is 15.8. The largest absolute Gasteiger partial charge is 0.492 e. The molecule has 1 fully saturated rings. The van der Waals surface area contributed by atoms with Crippen LogP contribution in [-0.2, 0) is 0 Å². The van der Waals surface area contributed by atoms with Crippen molar-refractivity contribution < 1.29 is 9.53 Å². The van der Waals surface area contributed by atoms with E-state index in [0.717, 1.165) is 34.6 Å². The maximum atomic E-state index is 12.6. The molecule has 1 heterocycles. The third-order valence-electron chi connectivity index (χ3n) is 4.76. The molecule has 5 nitrogen and oxygen atoms in total. The van der Waals surface area contributed by atoms with Crippen LogP contribution in [0.25, 0.3) is 0 Å². The molecule has 27 heavy (non-hydrogen) atoms. The lowest BCUT2D eigenvalue weighted by molar-refractivity contribution is 0.191. The summed E-state index contributed by atoms with van der Waals surface area (Å²) in [6.45, 7) is 7.62. The molecule has 1 atom stereocenters. The Labute approximate surface area is 169 Å². The van der Waals surface area contributed by atoms with Crippen molar-refractivity contribution in [3.63, 3.8) is 0 Å². The summed E-state index contributed by atoms with van der Waals surface area (Å²) in [6, 6.07) is 16.1. The lowest BCUT2D eigenvalue weighted by Crippen LogP contribution is -2.52. The summed E-state index contributed by atoms with van der Waals surface area (Å²) in [5, 5.41) is 3.10. The second-order valence-electron chi connectivity index (χ2n) is 6.60. The number of nitrogens with one attached hydrogen (secondary N) is 1. The predicted molar refractivity (Wildman–Crippen MR) is 112 cm³/mol. The standard InChI is InChI=1S/C21H26BrN3O2/c1-3-27-20-10-5-4-9-19(20)24-11-13-25(14-12-24)21(26)23-16(2)17-7-6-8-18(22)15-17/h4-10,15-16H,3,11-14H2,1-2H3,(H,23,26). The number of para-hydroxylation sites is 2. The highest BCUT2D eigenvalue weighted by atomic mass is 79.9. The molecular formula is C21H26BrN3O2. The van der Waals surface area contributed by atoms with Crippen LogP contribution in [0.3, 0.4) is 0 Å². The van der Waals surface area contributed by atoms with Gasteiger partial charge in [-0.05, 0) is 43.7 Å². The first-order chi connectivity index (χ1) is 13.1. The number of halogens is 1. The van der Waals surface area contributed by atoms with Gasteiger partial charge in [0.2, 0.25) is 0 Å². The SMILES string of the molecule is CCOc1ccccc1N1CCN(C(=O)NC(C)c2cccc(Br)c2)CC1. The molecule has 1 saturated heterocycles. The van der Waals surface area contributed by atoms with Gasteiger partial charge in [0.1, 0.15) is 5.75 Å². The van der Waals surface area contributed by atoms with E-state index in [9.17, 15) is 4.79 Å². The molecule has 3 rings (SSSR count). The molecule has 2 aromatic rings. The highest BCUT2D eigenvalue weighted by molar-refractivity contribution is 9.10. The van der Waals surface area contributed by atoms with Gasteiger partial charge in [-0.25, -0.2) is 4.79 Å². The highest BCUT2D eigenvalue weighted by Crippen LogP contribution is 2.29. The van der Waals surface area contributed by atoms with E-state index >= 15 is 0 Å². The lowest BCUT2D eigenvalue weighted by Gasteiger charge is -2.37. The molecule has 0 aromatic heterocycles.